The molecule has 1 fully saturated rings. The second-order valence-corrected chi connectivity index (χ2v) is 2.96. The summed E-state index contributed by atoms with van der Waals surface area (Å²) >= 11 is 0. The summed E-state index contributed by atoms with van der Waals surface area (Å²) in [4.78, 5) is 11.3. The average Bonchev–Trinajstić information content (AvgIpc) is 2.57. The number of hydrogen-bond acceptors (Lipinski definition) is 2. The molecule has 1 saturated heterocycles. The molecule has 1 aliphatic rings. The Balaban J connectivity index is 2.32. The van der Waals surface area contributed by atoms with Crippen molar-refractivity contribution in [1.82, 2.24) is 4.57 Å². The lowest BCUT2D eigenvalue weighted by atomic mass is 10.2. The minimum atomic E-state index is 0.0630. The topological polar surface area (TPSA) is 31.2 Å². The molecule has 3 heteroatoms. The molecule has 64 valence electrons. The summed E-state index contributed by atoms with van der Waals surface area (Å²) < 4.78 is 6.95. The van der Waals surface area contributed by atoms with Crippen LogP contribution in [0.1, 0.15) is 12.5 Å². The predicted octanol–water partition coefficient (Wildman–Crippen LogP) is 0.810. The molecular weight excluding hydrogens is 154 g/mol. The van der Waals surface area contributed by atoms with E-state index in [0.717, 1.165) is 13.0 Å². The molecule has 1 atom stereocenters. The molecule has 1 aromatic heterocycles. The minimum Gasteiger partial charge on any atom is -0.379 e. The van der Waals surface area contributed by atoms with Crippen LogP contribution in [-0.2, 0) is 4.74 Å². The van der Waals surface area contributed by atoms with E-state index in [2.05, 4.69) is 0 Å². The molecule has 12 heavy (non-hydrogen) atoms. The summed E-state index contributed by atoms with van der Waals surface area (Å²) in [5.74, 6) is 0. The van der Waals surface area contributed by atoms with Crippen molar-refractivity contribution in [3.05, 3.63) is 34.7 Å². The van der Waals surface area contributed by atoms with Crippen LogP contribution in [0.3, 0.4) is 0 Å². The average molecular weight is 165 g/mol. The largest absolute Gasteiger partial charge is 0.379 e. The molecule has 0 bridgehead atoms. The van der Waals surface area contributed by atoms with Crippen molar-refractivity contribution in [3.63, 3.8) is 0 Å². The lowest BCUT2D eigenvalue weighted by Gasteiger charge is -2.10. The van der Waals surface area contributed by atoms with Gasteiger partial charge in [-0.3, -0.25) is 4.79 Å². The van der Waals surface area contributed by atoms with Crippen LogP contribution in [0.25, 0.3) is 0 Å². The summed E-state index contributed by atoms with van der Waals surface area (Å²) in [5.41, 5.74) is 0.0630. The van der Waals surface area contributed by atoms with Crippen LogP contribution in [0.2, 0.25) is 0 Å². The molecular formula is C9H11NO2. The minimum absolute atomic E-state index is 0.0630. The maximum absolute atomic E-state index is 11.3. The van der Waals surface area contributed by atoms with Gasteiger partial charge in [0.25, 0.3) is 5.56 Å². The third kappa shape index (κ3) is 1.28. The molecule has 2 rings (SSSR count). The van der Waals surface area contributed by atoms with Crippen LogP contribution in [0.5, 0.6) is 0 Å². The van der Waals surface area contributed by atoms with Crippen LogP contribution in [0, 0.1) is 0 Å². The van der Waals surface area contributed by atoms with E-state index >= 15 is 0 Å². The maximum atomic E-state index is 11.3. The molecule has 0 N–H and O–H groups in total. The van der Waals surface area contributed by atoms with Gasteiger partial charge in [-0.15, -0.1) is 0 Å². The standard InChI is InChI=1S/C9H11NO2/c11-9-3-1-2-5-10(9)8-4-6-12-7-8/h1-3,5,8H,4,6-7H2. The molecule has 1 aliphatic heterocycles. The van der Waals surface area contributed by atoms with Crippen LogP contribution in [0.15, 0.2) is 29.2 Å². The first-order valence-electron chi connectivity index (χ1n) is 4.13. The van der Waals surface area contributed by atoms with E-state index < -0.39 is 0 Å². The zero-order valence-electron chi connectivity index (χ0n) is 6.77. The first kappa shape index (κ1) is 7.55. The highest BCUT2D eigenvalue weighted by Crippen LogP contribution is 2.15. The molecule has 0 aromatic carbocycles. The quantitative estimate of drug-likeness (QED) is 0.616. The highest BCUT2D eigenvalue weighted by molar-refractivity contribution is 4.95. The Bertz CT molecular complexity index is 312. The molecule has 3 nitrogen and oxygen atoms in total. The van der Waals surface area contributed by atoms with E-state index in [1.54, 1.807) is 16.7 Å². The number of aromatic nitrogens is 1. The van der Waals surface area contributed by atoms with Crippen LogP contribution >= 0.6 is 0 Å². The molecule has 1 unspecified atom stereocenters. The summed E-state index contributed by atoms with van der Waals surface area (Å²) in [6.07, 6.45) is 2.77. The highest BCUT2D eigenvalue weighted by atomic mass is 16.5. The van der Waals surface area contributed by atoms with E-state index in [9.17, 15) is 4.79 Å². The van der Waals surface area contributed by atoms with Crippen molar-refractivity contribution >= 4 is 0 Å². The zero-order chi connectivity index (χ0) is 8.39. The summed E-state index contributed by atoms with van der Waals surface area (Å²) in [5, 5.41) is 0. The van der Waals surface area contributed by atoms with Crippen molar-refractivity contribution in [1.29, 1.82) is 0 Å². The lowest BCUT2D eigenvalue weighted by molar-refractivity contribution is 0.186. The van der Waals surface area contributed by atoms with Gasteiger partial charge in [0.1, 0.15) is 0 Å². The van der Waals surface area contributed by atoms with Crippen LogP contribution in [-0.4, -0.2) is 17.8 Å². The molecule has 1 aromatic rings. The van der Waals surface area contributed by atoms with Gasteiger partial charge in [0, 0.05) is 18.9 Å². The van der Waals surface area contributed by atoms with Gasteiger partial charge in [-0.2, -0.15) is 0 Å². The number of pyridine rings is 1. The van der Waals surface area contributed by atoms with Gasteiger partial charge < -0.3 is 9.30 Å². The number of nitrogens with zero attached hydrogens (tertiary/aromatic N) is 1. The Morgan fingerprint density at radius 3 is 3.08 bits per heavy atom. The van der Waals surface area contributed by atoms with E-state index in [4.69, 9.17) is 4.74 Å². The zero-order valence-corrected chi connectivity index (χ0v) is 6.77. The van der Waals surface area contributed by atoms with Gasteiger partial charge in [0.2, 0.25) is 0 Å². The number of hydrogen-bond donors (Lipinski definition) is 0. The van der Waals surface area contributed by atoms with Gasteiger partial charge >= 0.3 is 0 Å². The molecule has 0 amide bonds. The molecule has 2 heterocycles. The summed E-state index contributed by atoms with van der Waals surface area (Å²) in [7, 11) is 0. The van der Waals surface area contributed by atoms with Gasteiger partial charge in [-0.05, 0) is 12.5 Å². The van der Waals surface area contributed by atoms with Crippen molar-refractivity contribution in [2.45, 2.75) is 12.5 Å². The van der Waals surface area contributed by atoms with Crippen LogP contribution in [0.4, 0.5) is 0 Å². The fraction of sp³-hybridized carbons (Fsp3) is 0.444. The Morgan fingerprint density at radius 2 is 2.42 bits per heavy atom. The predicted molar refractivity (Wildman–Crippen MR) is 45.2 cm³/mol. The summed E-state index contributed by atoms with van der Waals surface area (Å²) in [6, 6.07) is 5.46. The molecule has 0 radical (unpaired) electrons. The third-order valence-corrected chi connectivity index (χ3v) is 2.15. The van der Waals surface area contributed by atoms with E-state index in [1.165, 1.54) is 0 Å². The smallest absolute Gasteiger partial charge is 0.250 e. The van der Waals surface area contributed by atoms with E-state index in [1.807, 2.05) is 12.3 Å². The Kier molecular flexibility index (Phi) is 1.96. The van der Waals surface area contributed by atoms with Crippen molar-refractivity contribution in [3.8, 4) is 0 Å². The van der Waals surface area contributed by atoms with E-state index in [0.29, 0.717) is 6.61 Å². The van der Waals surface area contributed by atoms with Crippen molar-refractivity contribution < 1.29 is 4.74 Å². The van der Waals surface area contributed by atoms with Gasteiger partial charge in [0.15, 0.2) is 0 Å². The Morgan fingerprint density at radius 1 is 1.50 bits per heavy atom. The van der Waals surface area contributed by atoms with Gasteiger partial charge in [0.05, 0.1) is 12.6 Å². The lowest BCUT2D eigenvalue weighted by Crippen LogP contribution is -2.23. The Hall–Kier alpha value is -1.09. The number of rotatable bonds is 1. The van der Waals surface area contributed by atoms with Crippen molar-refractivity contribution in [2.75, 3.05) is 13.2 Å². The van der Waals surface area contributed by atoms with Crippen molar-refractivity contribution in [2.24, 2.45) is 0 Å². The first-order chi connectivity index (χ1) is 5.88. The van der Waals surface area contributed by atoms with Gasteiger partial charge in [-0.1, -0.05) is 6.07 Å². The molecule has 0 spiro atoms. The molecule has 0 saturated carbocycles. The van der Waals surface area contributed by atoms with Crippen LogP contribution < -0.4 is 5.56 Å². The fourth-order valence-electron chi connectivity index (χ4n) is 1.48. The third-order valence-electron chi connectivity index (χ3n) is 2.15. The SMILES string of the molecule is O=c1ccccn1C1CCOC1. The van der Waals surface area contributed by atoms with E-state index in [-0.39, 0.29) is 11.6 Å². The Labute approximate surface area is 70.6 Å². The second-order valence-electron chi connectivity index (χ2n) is 2.96. The fourth-order valence-corrected chi connectivity index (χ4v) is 1.48. The normalized spacial score (nSPS) is 22.8. The summed E-state index contributed by atoms with van der Waals surface area (Å²) in [6.45, 7) is 1.44. The monoisotopic (exact) mass is 165 g/mol. The molecule has 0 aliphatic carbocycles. The first-order valence-corrected chi connectivity index (χ1v) is 4.13. The second kappa shape index (κ2) is 3.11. The van der Waals surface area contributed by atoms with Gasteiger partial charge in [-0.25, -0.2) is 0 Å². The maximum Gasteiger partial charge on any atom is 0.250 e. The number of ether oxygens (including phenoxy) is 1. The highest BCUT2D eigenvalue weighted by Gasteiger charge is 2.17.